The Balaban J connectivity index is 1.61. The Morgan fingerprint density at radius 2 is 1.64 bits per heavy atom. The Kier molecular flexibility index (Phi) is 9.04. The van der Waals surface area contributed by atoms with Crippen molar-refractivity contribution in [3.8, 4) is 34.3 Å². The number of esters is 1. The molecule has 1 heterocycles. The first-order valence-corrected chi connectivity index (χ1v) is 14.0. The van der Waals surface area contributed by atoms with Gasteiger partial charge in [0.05, 0.1) is 20.6 Å². The summed E-state index contributed by atoms with van der Waals surface area (Å²) in [5, 5.41) is 24.5. The van der Waals surface area contributed by atoms with Gasteiger partial charge in [-0.05, 0) is 42.0 Å². The van der Waals surface area contributed by atoms with E-state index in [4.69, 9.17) is 18.6 Å². The van der Waals surface area contributed by atoms with Gasteiger partial charge >= 0.3 is 5.97 Å². The van der Waals surface area contributed by atoms with E-state index in [-0.39, 0.29) is 47.0 Å². The number of aromatic hydroxyl groups is 2. The highest BCUT2D eigenvalue weighted by Crippen LogP contribution is 2.43. The molecular weight excluding hydrogens is 578 g/mol. The van der Waals surface area contributed by atoms with Crippen molar-refractivity contribution < 1.29 is 38.4 Å². The summed E-state index contributed by atoms with van der Waals surface area (Å²) in [4.78, 5) is 37.3. The molecule has 1 atom stereocenters. The lowest BCUT2D eigenvalue weighted by Gasteiger charge is -2.22. The normalized spacial score (nSPS) is 11.5. The van der Waals surface area contributed by atoms with Crippen LogP contribution in [0.3, 0.4) is 0 Å². The molecule has 0 spiro atoms. The lowest BCUT2D eigenvalue weighted by Crippen LogP contribution is -2.13. The van der Waals surface area contributed by atoms with E-state index in [0.29, 0.717) is 33.9 Å². The number of benzene rings is 4. The highest BCUT2D eigenvalue weighted by Gasteiger charge is 2.29. The molecule has 3 N–H and O–H groups in total. The molecule has 5 aromatic rings. The summed E-state index contributed by atoms with van der Waals surface area (Å²) < 4.78 is 22.8. The maximum absolute atomic E-state index is 13.3. The first kappa shape index (κ1) is 30.7. The van der Waals surface area contributed by atoms with Gasteiger partial charge in [0, 0.05) is 47.4 Å². The molecule has 0 bridgehead atoms. The molecule has 0 aliphatic rings. The summed E-state index contributed by atoms with van der Waals surface area (Å²) in [5.41, 5.74) is 2.00. The Morgan fingerprint density at radius 1 is 0.911 bits per heavy atom. The third-order valence-corrected chi connectivity index (χ3v) is 7.28. The molecule has 5 rings (SSSR count). The standard InChI is InChI=1S/C35H31NO9/c1-20(37)36-24-10-12-25(13-11-24)44-19-23-15-22(9-14-30(23)42-2)26(16-32(41)43-3)33-27(38)17-28(39)34-29(40)18-31(45-35(33)34)21-7-5-4-6-8-21/h4-15,17-18,26,38-39H,16,19H2,1-3H3,(H,36,37). The lowest BCUT2D eigenvalue weighted by molar-refractivity contribution is -0.140. The fraction of sp³-hybridized carbons (Fsp3) is 0.171. The number of fused-ring (bicyclic) bond motifs is 1. The third kappa shape index (κ3) is 6.75. The summed E-state index contributed by atoms with van der Waals surface area (Å²) in [6.45, 7) is 1.50. The summed E-state index contributed by atoms with van der Waals surface area (Å²) in [5.74, 6) is -1.16. The van der Waals surface area contributed by atoms with Gasteiger partial charge in [-0.3, -0.25) is 14.4 Å². The fourth-order valence-electron chi connectivity index (χ4n) is 5.17. The largest absolute Gasteiger partial charge is 0.507 e. The number of methoxy groups -OCH3 is 2. The number of hydrogen-bond acceptors (Lipinski definition) is 9. The van der Waals surface area contributed by atoms with Gasteiger partial charge in [0.2, 0.25) is 5.91 Å². The van der Waals surface area contributed by atoms with Crippen LogP contribution in [0.4, 0.5) is 5.69 Å². The van der Waals surface area contributed by atoms with Crippen LogP contribution < -0.4 is 20.2 Å². The van der Waals surface area contributed by atoms with Gasteiger partial charge in [-0.1, -0.05) is 36.4 Å². The summed E-state index contributed by atoms with van der Waals surface area (Å²) in [6.07, 6.45) is -0.222. The van der Waals surface area contributed by atoms with Gasteiger partial charge < -0.3 is 34.2 Å². The monoisotopic (exact) mass is 609 g/mol. The van der Waals surface area contributed by atoms with Crippen molar-refractivity contribution in [1.82, 2.24) is 0 Å². The highest BCUT2D eigenvalue weighted by molar-refractivity contribution is 5.91. The topological polar surface area (TPSA) is 145 Å². The molecule has 0 fully saturated rings. The van der Waals surface area contributed by atoms with Crippen LogP contribution in [-0.2, 0) is 20.9 Å². The molecule has 10 nitrogen and oxygen atoms in total. The minimum absolute atomic E-state index is 0.0550. The van der Waals surface area contributed by atoms with Crippen molar-refractivity contribution in [2.75, 3.05) is 19.5 Å². The van der Waals surface area contributed by atoms with Crippen molar-refractivity contribution in [2.24, 2.45) is 0 Å². The van der Waals surface area contributed by atoms with Crippen LogP contribution in [0.15, 0.2) is 94.1 Å². The molecule has 1 aromatic heterocycles. The second-order valence-corrected chi connectivity index (χ2v) is 10.3. The number of rotatable bonds is 10. The van der Waals surface area contributed by atoms with Crippen LogP contribution in [0.25, 0.3) is 22.3 Å². The average molecular weight is 610 g/mol. The quantitative estimate of drug-likeness (QED) is 0.160. The van der Waals surface area contributed by atoms with E-state index < -0.39 is 23.1 Å². The van der Waals surface area contributed by atoms with E-state index in [1.165, 1.54) is 27.2 Å². The molecule has 45 heavy (non-hydrogen) atoms. The molecule has 230 valence electrons. The molecule has 4 aromatic carbocycles. The van der Waals surface area contributed by atoms with Crippen molar-refractivity contribution in [2.45, 2.75) is 25.9 Å². The van der Waals surface area contributed by atoms with Gasteiger partial charge in [-0.2, -0.15) is 0 Å². The van der Waals surface area contributed by atoms with Gasteiger partial charge in [-0.15, -0.1) is 0 Å². The number of carbonyl (C=O) groups is 2. The van der Waals surface area contributed by atoms with Crippen molar-refractivity contribution in [3.63, 3.8) is 0 Å². The Morgan fingerprint density at radius 3 is 2.31 bits per heavy atom. The van der Waals surface area contributed by atoms with Gasteiger partial charge in [0.1, 0.15) is 46.3 Å². The molecule has 0 radical (unpaired) electrons. The number of amides is 1. The second kappa shape index (κ2) is 13.3. The van der Waals surface area contributed by atoms with E-state index in [1.807, 2.05) is 6.07 Å². The molecule has 1 unspecified atom stereocenters. The summed E-state index contributed by atoms with van der Waals surface area (Å²) >= 11 is 0. The number of phenols is 2. The molecule has 0 saturated carbocycles. The van der Waals surface area contributed by atoms with Crippen molar-refractivity contribution in [3.05, 3.63) is 112 Å². The van der Waals surface area contributed by atoms with Crippen LogP contribution in [-0.4, -0.2) is 36.3 Å². The minimum atomic E-state index is -0.865. The first-order valence-electron chi connectivity index (χ1n) is 14.0. The van der Waals surface area contributed by atoms with Crippen LogP contribution in [0.1, 0.15) is 36.0 Å². The number of ether oxygens (including phenoxy) is 3. The van der Waals surface area contributed by atoms with E-state index >= 15 is 0 Å². The number of phenolic OH excluding ortho intramolecular Hbond substituents is 2. The van der Waals surface area contributed by atoms with Gasteiger partial charge in [0.25, 0.3) is 0 Å². The average Bonchev–Trinajstić information content (AvgIpc) is 3.03. The number of hydrogen-bond donors (Lipinski definition) is 3. The Hall–Kier alpha value is -5.77. The van der Waals surface area contributed by atoms with E-state index in [0.717, 1.165) is 6.07 Å². The number of anilines is 1. The predicted molar refractivity (Wildman–Crippen MR) is 168 cm³/mol. The van der Waals surface area contributed by atoms with Crippen molar-refractivity contribution >= 4 is 28.5 Å². The fourth-order valence-corrected chi connectivity index (χ4v) is 5.17. The van der Waals surface area contributed by atoms with E-state index in [9.17, 15) is 24.6 Å². The predicted octanol–water partition coefficient (Wildman–Crippen LogP) is 6.11. The Bertz CT molecular complexity index is 1910. The SMILES string of the molecule is COC(=O)CC(c1ccc(OC)c(COc2ccc(NC(C)=O)cc2)c1)c1c(O)cc(O)c2c(=O)cc(-c3ccccc3)oc12. The first-order chi connectivity index (χ1) is 21.7. The third-order valence-electron chi connectivity index (χ3n) is 7.28. The van der Waals surface area contributed by atoms with Crippen LogP contribution in [0, 0.1) is 0 Å². The van der Waals surface area contributed by atoms with Crippen LogP contribution >= 0.6 is 0 Å². The number of nitrogens with one attached hydrogen (secondary N) is 1. The summed E-state index contributed by atoms with van der Waals surface area (Å²) in [7, 11) is 2.78. The molecule has 0 saturated heterocycles. The summed E-state index contributed by atoms with van der Waals surface area (Å²) in [6, 6.07) is 23.4. The molecule has 1 amide bonds. The molecular formula is C35H31NO9. The molecule has 0 aliphatic heterocycles. The second-order valence-electron chi connectivity index (χ2n) is 10.3. The molecule has 0 aliphatic carbocycles. The molecule has 10 heteroatoms. The maximum Gasteiger partial charge on any atom is 0.306 e. The zero-order chi connectivity index (χ0) is 32.1. The van der Waals surface area contributed by atoms with Gasteiger partial charge in [0.15, 0.2) is 5.43 Å². The maximum atomic E-state index is 13.3. The van der Waals surface area contributed by atoms with E-state index in [1.54, 1.807) is 66.7 Å². The smallest absolute Gasteiger partial charge is 0.306 e. The highest BCUT2D eigenvalue weighted by atomic mass is 16.5. The minimum Gasteiger partial charge on any atom is -0.507 e. The number of carbonyl (C=O) groups excluding carboxylic acids is 2. The van der Waals surface area contributed by atoms with E-state index in [2.05, 4.69) is 5.32 Å². The lowest BCUT2D eigenvalue weighted by atomic mass is 9.85. The Labute approximate surface area is 258 Å². The van der Waals surface area contributed by atoms with Gasteiger partial charge in [-0.25, -0.2) is 0 Å². The zero-order valence-electron chi connectivity index (χ0n) is 24.8. The van der Waals surface area contributed by atoms with Crippen LogP contribution in [0.5, 0.6) is 23.0 Å². The van der Waals surface area contributed by atoms with Crippen LogP contribution in [0.2, 0.25) is 0 Å². The van der Waals surface area contributed by atoms with Crippen molar-refractivity contribution in [1.29, 1.82) is 0 Å². The zero-order valence-corrected chi connectivity index (χ0v) is 24.8.